The Morgan fingerprint density at radius 1 is 1.25 bits per heavy atom. The normalized spacial score (nSPS) is 36.4. The average Bonchev–Trinajstić information content (AvgIpc) is 2.79. The quantitative estimate of drug-likeness (QED) is 0.514. The molecule has 1 saturated heterocycles. The largest absolute Gasteiger partial charge is 0.295 e. The molecule has 2 fully saturated rings. The van der Waals surface area contributed by atoms with E-state index in [0.717, 1.165) is 12.8 Å². The molecule has 2 atom stereocenters. The van der Waals surface area contributed by atoms with Crippen LogP contribution in [0.4, 0.5) is 0 Å². The third-order valence-electron chi connectivity index (χ3n) is 2.45. The van der Waals surface area contributed by atoms with Crippen LogP contribution in [-0.4, -0.2) is 23.9 Å². The third kappa shape index (κ3) is 1.22. The first-order valence-corrected chi connectivity index (χ1v) is 4.29. The lowest BCUT2D eigenvalue weighted by molar-refractivity contribution is -0.136. The fourth-order valence-electron chi connectivity index (χ4n) is 1.51. The molecular weight excluding hydrogens is 156 g/mol. The van der Waals surface area contributed by atoms with E-state index < -0.39 is 0 Å². The second kappa shape index (κ2) is 2.55. The molecule has 0 aromatic carbocycles. The molecule has 0 aromatic rings. The molecule has 1 aliphatic carbocycles. The van der Waals surface area contributed by atoms with Gasteiger partial charge in [0.15, 0.2) is 0 Å². The molecular formula is C8H12N2O2. The number of hydrogen-bond acceptors (Lipinski definition) is 3. The van der Waals surface area contributed by atoms with Crippen molar-refractivity contribution >= 4 is 11.8 Å². The lowest BCUT2D eigenvalue weighted by atomic mass is 10.1. The van der Waals surface area contributed by atoms with Crippen LogP contribution in [0.1, 0.15) is 19.8 Å². The highest BCUT2D eigenvalue weighted by atomic mass is 16.2. The topological polar surface area (TPSA) is 58.2 Å². The van der Waals surface area contributed by atoms with Gasteiger partial charge in [-0.3, -0.25) is 20.2 Å². The second-order valence-corrected chi connectivity index (χ2v) is 3.56. The van der Waals surface area contributed by atoms with E-state index in [1.54, 1.807) is 6.92 Å². The summed E-state index contributed by atoms with van der Waals surface area (Å²) in [4.78, 5) is 22.2. The van der Waals surface area contributed by atoms with Gasteiger partial charge in [-0.1, -0.05) is 0 Å². The fourth-order valence-corrected chi connectivity index (χ4v) is 1.51. The Morgan fingerprint density at radius 2 is 1.92 bits per heavy atom. The molecule has 2 rings (SSSR count). The molecule has 2 N–H and O–H groups in total. The molecule has 1 saturated carbocycles. The van der Waals surface area contributed by atoms with Crippen LogP contribution in [0.2, 0.25) is 0 Å². The van der Waals surface area contributed by atoms with Gasteiger partial charge >= 0.3 is 0 Å². The summed E-state index contributed by atoms with van der Waals surface area (Å²) >= 11 is 0. The SMILES string of the molecule is CC1NC(C2CC2)C(=O)NC1=O. The second-order valence-electron chi connectivity index (χ2n) is 3.56. The van der Waals surface area contributed by atoms with Crippen LogP contribution in [0.5, 0.6) is 0 Å². The minimum Gasteiger partial charge on any atom is -0.295 e. The number of carbonyl (C=O) groups excluding carboxylic acids is 2. The monoisotopic (exact) mass is 168 g/mol. The highest BCUT2D eigenvalue weighted by Crippen LogP contribution is 2.33. The summed E-state index contributed by atoms with van der Waals surface area (Å²) < 4.78 is 0. The maximum atomic E-state index is 11.2. The minimum absolute atomic E-state index is 0.127. The summed E-state index contributed by atoms with van der Waals surface area (Å²) in [6, 6.07) is -0.356. The maximum Gasteiger partial charge on any atom is 0.244 e. The van der Waals surface area contributed by atoms with E-state index in [1.807, 2.05) is 0 Å². The van der Waals surface area contributed by atoms with E-state index in [9.17, 15) is 9.59 Å². The standard InChI is InChI=1S/C8H12N2O2/c1-4-7(11)10-8(12)6(9-4)5-2-3-5/h4-6,9H,2-3H2,1H3,(H,10,11,12). The molecule has 1 aliphatic heterocycles. The first-order valence-electron chi connectivity index (χ1n) is 4.29. The fraction of sp³-hybridized carbons (Fsp3) is 0.750. The van der Waals surface area contributed by atoms with E-state index >= 15 is 0 Å². The number of hydrogen-bond donors (Lipinski definition) is 2. The van der Waals surface area contributed by atoms with Gasteiger partial charge in [-0.15, -0.1) is 0 Å². The Balaban J connectivity index is 2.05. The third-order valence-corrected chi connectivity index (χ3v) is 2.45. The van der Waals surface area contributed by atoms with Crippen LogP contribution >= 0.6 is 0 Å². The first-order chi connectivity index (χ1) is 5.68. The summed E-state index contributed by atoms with van der Waals surface area (Å²) in [6.45, 7) is 1.77. The van der Waals surface area contributed by atoms with Crippen molar-refractivity contribution < 1.29 is 9.59 Å². The van der Waals surface area contributed by atoms with Crippen LogP contribution in [0.3, 0.4) is 0 Å². The summed E-state index contributed by atoms with van der Waals surface area (Å²) in [6.07, 6.45) is 2.21. The Labute approximate surface area is 70.7 Å². The van der Waals surface area contributed by atoms with Crippen molar-refractivity contribution in [2.24, 2.45) is 5.92 Å². The van der Waals surface area contributed by atoms with Crippen LogP contribution in [0, 0.1) is 5.92 Å². The van der Waals surface area contributed by atoms with Crippen molar-refractivity contribution in [3.05, 3.63) is 0 Å². The maximum absolute atomic E-state index is 11.2. The highest BCUT2D eigenvalue weighted by molar-refractivity contribution is 6.02. The zero-order valence-corrected chi connectivity index (χ0v) is 6.96. The number of carbonyl (C=O) groups is 2. The van der Waals surface area contributed by atoms with E-state index in [2.05, 4.69) is 10.6 Å². The van der Waals surface area contributed by atoms with E-state index in [4.69, 9.17) is 0 Å². The van der Waals surface area contributed by atoms with Crippen molar-refractivity contribution in [3.8, 4) is 0 Å². The van der Waals surface area contributed by atoms with Crippen LogP contribution in [0.25, 0.3) is 0 Å². The van der Waals surface area contributed by atoms with Crippen molar-refractivity contribution in [1.29, 1.82) is 0 Å². The Kier molecular flexibility index (Phi) is 1.65. The van der Waals surface area contributed by atoms with Gasteiger partial charge in [0.05, 0.1) is 12.1 Å². The molecule has 0 radical (unpaired) electrons. The van der Waals surface area contributed by atoms with Crippen molar-refractivity contribution in [3.63, 3.8) is 0 Å². The smallest absolute Gasteiger partial charge is 0.244 e. The van der Waals surface area contributed by atoms with Gasteiger partial charge in [0.1, 0.15) is 0 Å². The van der Waals surface area contributed by atoms with Gasteiger partial charge < -0.3 is 0 Å². The van der Waals surface area contributed by atoms with E-state index in [0.29, 0.717) is 5.92 Å². The zero-order chi connectivity index (χ0) is 8.72. The van der Waals surface area contributed by atoms with Gasteiger partial charge in [-0.05, 0) is 25.7 Å². The molecule has 0 spiro atoms. The molecule has 66 valence electrons. The van der Waals surface area contributed by atoms with Gasteiger partial charge in [0, 0.05) is 0 Å². The van der Waals surface area contributed by atoms with Gasteiger partial charge in [0.25, 0.3) is 0 Å². The van der Waals surface area contributed by atoms with Gasteiger partial charge in [0.2, 0.25) is 11.8 Å². The van der Waals surface area contributed by atoms with Crippen LogP contribution in [-0.2, 0) is 9.59 Å². The Bertz CT molecular complexity index is 235. The van der Waals surface area contributed by atoms with Gasteiger partial charge in [-0.2, -0.15) is 0 Å². The van der Waals surface area contributed by atoms with Crippen molar-refractivity contribution in [1.82, 2.24) is 10.6 Å². The van der Waals surface area contributed by atoms with E-state index in [-0.39, 0.29) is 23.9 Å². The predicted octanol–water partition coefficient (Wildman–Crippen LogP) is -0.601. The average molecular weight is 168 g/mol. The summed E-state index contributed by atoms with van der Waals surface area (Å²) in [5.41, 5.74) is 0. The number of rotatable bonds is 1. The molecule has 12 heavy (non-hydrogen) atoms. The predicted molar refractivity (Wildman–Crippen MR) is 42.3 cm³/mol. The molecule has 2 aliphatic rings. The lowest BCUT2D eigenvalue weighted by Crippen LogP contribution is -2.61. The Morgan fingerprint density at radius 3 is 2.50 bits per heavy atom. The van der Waals surface area contributed by atoms with E-state index in [1.165, 1.54) is 0 Å². The lowest BCUT2D eigenvalue weighted by Gasteiger charge is -2.27. The molecule has 2 amide bonds. The highest BCUT2D eigenvalue weighted by Gasteiger charge is 2.41. The number of nitrogens with one attached hydrogen (secondary N) is 2. The minimum atomic E-state index is -0.228. The van der Waals surface area contributed by atoms with Crippen LogP contribution < -0.4 is 10.6 Å². The Hall–Kier alpha value is -0.900. The molecule has 2 unspecified atom stereocenters. The molecule has 0 bridgehead atoms. The number of imide groups is 1. The van der Waals surface area contributed by atoms with Crippen LogP contribution in [0.15, 0.2) is 0 Å². The van der Waals surface area contributed by atoms with Gasteiger partial charge in [-0.25, -0.2) is 0 Å². The summed E-state index contributed by atoms with van der Waals surface area (Å²) in [5, 5.41) is 5.38. The molecule has 0 aromatic heterocycles. The first kappa shape index (κ1) is 7.73. The number of piperazine rings is 1. The molecule has 1 heterocycles. The zero-order valence-electron chi connectivity index (χ0n) is 6.96. The molecule has 4 nitrogen and oxygen atoms in total. The number of amides is 2. The van der Waals surface area contributed by atoms with Crippen molar-refractivity contribution in [2.45, 2.75) is 31.8 Å². The summed E-state index contributed by atoms with van der Waals surface area (Å²) in [7, 11) is 0. The summed E-state index contributed by atoms with van der Waals surface area (Å²) in [5.74, 6) is 0.0954. The molecule has 4 heteroatoms. The van der Waals surface area contributed by atoms with Crippen molar-refractivity contribution in [2.75, 3.05) is 0 Å².